The van der Waals surface area contributed by atoms with Crippen LogP contribution in [0.25, 0.3) is 11.4 Å². The van der Waals surface area contributed by atoms with E-state index >= 15 is 0 Å². The van der Waals surface area contributed by atoms with Crippen LogP contribution in [-0.2, 0) is 4.74 Å². The number of anilines is 1. The summed E-state index contributed by atoms with van der Waals surface area (Å²) in [6.45, 7) is 7.54. The number of rotatable bonds is 6. The lowest BCUT2D eigenvalue weighted by Crippen LogP contribution is -2.23. The van der Waals surface area contributed by atoms with Crippen molar-refractivity contribution >= 4 is 5.69 Å². The highest BCUT2D eigenvalue weighted by molar-refractivity contribution is 5.58. The highest BCUT2D eigenvalue weighted by Crippen LogP contribution is 2.24. The van der Waals surface area contributed by atoms with Crippen molar-refractivity contribution in [1.29, 1.82) is 0 Å². The van der Waals surface area contributed by atoms with Crippen molar-refractivity contribution in [3.63, 3.8) is 0 Å². The minimum absolute atomic E-state index is 0.109. The van der Waals surface area contributed by atoms with E-state index in [1.165, 1.54) is 0 Å². The van der Waals surface area contributed by atoms with Crippen molar-refractivity contribution < 1.29 is 4.74 Å². The summed E-state index contributed by atoms with van der Waals surface area (Å²) >= 11 is 0. The van der Waals surface area contributed by atoms with E-state index < -0.39 is 0 Å². The summed E-state index contributed by atoms with van der Waals surface area (Å²) in [4.78, 5) is 0. The van der Waals surface area contributed by atoms with E-state index in [1.807, 2.05) is 35.9 Å². The van der Waals surface area contributed by atoms with Crippen LogP contribution >= 0.6 is 0 Å². The third-order valence-electron chi connectivity index (χ3n) is 3.24. The van der Waals surface area contributed by atoms with Gasteiger partial charge in [-0.1, -0.05) is 13.8 Å². The van der Waals surface area contributed by atoms with Crippen LogP contribution in [0.3, 0.4) is 0 Å². The van der Waals surface area contributed by atoms with Gasteiger partial charge >= 0.3 is 0 Å². The maximum atomic E-state index is 5.71. The quantitative estimate of drug-likeness (QED) is 0.817. The Balaban J connectivity index is 2.32. The fraction of sp³-hybridized carbons (Fsp3) is 0.500. The third-order valence-corrected chi connectivity index (χ3v) is 3.24. The van der Waals surface area contributed by atoms with E-state index in [0.717, 1.165) is 17.1 Å². The minimum Gasteiger partial charge on any atom is -0.399 e. The number of aromatic nitrogens is 4. The van der Waals surface area contributed by atoms with Gasteiger partial charge in [0.25, 0.3) is 0 Å². The Labute approximate surface area is 118 Å². The number of nitrogens with zero attached hydrogens (tertiary/aromatic N) is 4. The summed E-state index contributed by atoms with van der Waals surface area (Å²) in [5, 5.41) is 12.1. The molecule has 0 aliphatic rings. The van der Waals surface area contributed by atoms with E-state index in [1.54, 1.807) is 0 Å². The second-order valence-electron chi connectivity index (χ2n) is 5.04. The van der Waals surface area contributed by atoms with Crippen LogP contribution in [0.4, 0.5) is 5.69 Å². The van der Waals surface area contributed by atoms with E-state index in [-0.39, 0.29) is 6.04 Å². The first kappa shape index (κ1) is 14.5. The van der Waals surface area contributed by atoms with Crippen LogP contribution in [0, 0.1) is 5.92 Å². The first-order valence-electron chi connectivity index (χ1n) is 6.85. The Bertz CT molecular complexity index is 535. The van der Waals surface area contributed by atoms with Gasteiger partial charge in [-0.15, -0.1) is 5.10 Å². The van der Waals surface area contributed by atoms with Crippen molar-refractivity contribution in [2.75, 3.05) is 18.9 Å². The lowest BCUT2D eigenvalue weighted by molar-refractivity contribution is 0.0913. The van der Waals surface area contributed by atoms with Crippen LogP contribution < -0.4 is 5.73 Å². The average Bonchev–Trinajstić information content (AvgIpc) is 2.89. The molecular formula is C14H21N5O. The second-order valence-corrected chi connectivity index (χ2v) is 5.04. The van der Waals surface area contributed by atoms with E-state index in [0.29, 0.717) is 19.1 Å². The van der Waals surface area contributed by atoms with Crippen LogP contribution in [0.15, 0.2) is 24.3 Å². The Hall–Kier alpha value is -1.95. The second kappa shape index (κ2) is 6.47. The highest BCUT2D eigenvalue weighted by atomic mass is 16.5. The zero-order valence-corrected chi connectivity index (χ0v) is 12.2. The van der Waals surface area contributed by atoms with Crippen molar-refractivity contribution in [3.8, 4) is 11.4 Å². The standard InChI is InChI=1S/C14H21N5O/c1-4-20-9-13(10(2)3)19-14(16-17-18-19)11-5-7-12(15)8-6-11/h5-8,10,13H,4,9,15H2,1-3H3. The molecule has 2 aromatic rings. The van der Waals surface area contributed by atoms with Gasteiger partial charge in [-0.2, -0.15) is 0 Å². The molecule has 1 aromatic carbocycles. The molecule has 0 fully saturated rings. The van der Waals surface area contributed by atoms with Crippen molar-refractivity contribution in [2.45, 2.75) is 26.8 Å². The maximum Gasteiger partial charge on any atom is 0.182 e. The monoisotopic (exact) mass is 275 g/mol. The zero-order chi connectivity index (χ0) is 14.5. The molecule has 6 nitrogen and oxygen atoms in total. The molecule has 1 aromatic heterocycles. The smallest absolute Gasteiger partial charge is 0.182 e. The lowest BCUT2D eigenvalue weighted by atomic mass is 10.0. The molecule has 0 saturated heterocycles. The number of nitrogens with two attached hydrogens (primary N) is 1. The van der Waals surface area contributed by atoms with E-state index in [2.05, 4.69) is 29.4 Å². The van der Waals surface area contributed by atoms with Gasteiger partial charge < -0.3 is 10.5 Å². The number of hydrogen-bond donors (Lipinski definition) is 1. The molecule has 2 N–H and O–H groups in total. The molecule has 2 rings (SSSR count). The molecule has 0 bridgehead atoms. The molecule has 20 heavy (non-hydrogen) atoms. The van der Waals surface area contributed by atoms with Gasteiger partial charge in [-0.3, -0.25) is 0 Å². The molecule has 1 unspecified atom stereocenters. The molecular weight excluding hydrogens is 254 g/mol. The predicted octanol–water partition coefficient (Wildman–Crippen LogP) is 2.16. The summed E-state index contributed by atoms with van der Waals surface area (Å²) in [6, 6.07) is 7.66. The predicted molar refractivity (Wildman–Crippen MR) is 78.0 cm³/mol. The third kappa shape index (κ3) is 3.14. The van der Waals surface area contributed by atoms with Crippen LogP contribution in [-0.4, -0.2) is 33.4 Å². The summed E-state index contributed by atoms with van der Waals surface area (Å²) in [5.41, 5.74) is 7.39. The highest BCUT2D eigenvalue weighted by Gasteiger charge is 2.21. The average molecular weight is 275 g/mol. The van der Waals surface area contributed by atoms with Crippen LogP contribution in [0.5, 0.6) is 0 Å². The molecule has 108 valence electrons. The summed E-state index contributed by atoms with van der Waals surface area (Å²) in [7, 11) is 0. The largest absolute Gasteiger partial charge is 0.399 e. The number of ether oxygens (including phenoxy) is 1. The SMILES string of the molecule is CCOCC(C(C)C)n1nnnc1-c1ccc(N)cc1. The molecule has 0 aliphatic carbocycles. The summed E-state index contributed by atoms with van der Waals surface area (Å²) in [5.74, 6) is 1.11. The van der Waals surface area contributed by atoms with Crippen LogP contribution in [0.2, 0.25) is 0 Å². The minimum atomic E-state index is 0.109. The molecule has 0 aliphatic heterocycles. The normalized spacial score (nSPS) is 12.8. The van der Waals surface area contributed by atoms with Crippen molar-refractivity contribution in [1.82, 2.24) is 20.2 Å². The summed E-state index contributed by atoms with van der Waals surface area (Å²) in [6.07, 6.45) is 0. The fourth-order valence-corrected chi connectivity index (χ4v) is 2.02. The first-order chi connectivity index (χ1) is 9.63. The Morgan fingerprint density at radius 3 is 2.55 bits per heavy atom. The Morgan fingerprint density at radius 2 is 1.95 bits per heavy atom. The number of nitrogen functional groups attached to an aromatic ring is 1. The number of tetrazole rings is 1. The van der Waals surface area contributed by atoms with Gasteiger partial charge in [0.1, 0.15) is 0 Å². The molecule has 1 heterocycles. The van der Waals surface area contributed by atoms with Gasteiger partial charge in [0.2, 0.25) is 0 Å². The van der Waals surface area contributed by atoms with Crippen LogP contribution in [0.1, 0.15) is 26.8 Å². The Morgan fingerprint density at radius 1 is 1.25 bits per heavy atom. The molecule has 0 saturated carbocycles. The summed E-state index contributed by atoms with van der Waals surface area (Å²) < 4.78 is 7.39. The fourth-order valence-electron chi connectivity index (χ4n) is 2.02. The lowest BCUT2D eigenvalue weighted by Gasteiger charge is -2.21. The topological polar surface area (TPSA) is 78.8 Å². The molecule has 0 radical (unpaired) electrons. The van der Waals surface area contributed by atoms with E-state index in [9.17, 15) is 0 Å². The first-order valence-corrected chi connectivity index (χ1v) is 6.85. The van der Waals surface area contributed by atoms with Gasteiger partial charge in [-0.05, 0) is 47.5 Å². The number of benzene rings is 1. The number of hydrogen-bond acceptors (Lipinski definition) is 5. The molecule has 0 spiro atoms. The molecule has 1 atom stereocenters. The van der Waals surface area contributed by atoms with Crippen molar-refractivity contribution in [3.05, 3.63) is 24.3 Å². The zero-order valence-electron chi connectivity index (χ0n) is 12.2. The Kier molecular flexibility index (Phi) is 4.68. The van der Waals surface area contributed by atoms with Crippen molar-refractivity contribution in [2.24, 2.45) is 5.92 Å². The molecule has 6 heteroatoms. The maximum absolute atomic E-state index is 5.71. The van der Waals surface area contributed by atoms with Gasteiger partial charge in [0.05, 0.1) is 12.6 Å². The van der Waals surface area contributed by atoms with Gasteiger partial charge in [0.15, 0.2) is 5.82 Å². The van der Waals surface area contributed by atoms with E-state index in [4.69, 9.17) is 10.5 Å². The van der Waals surface area contributed by atoms with Gasteiger partial charge in [-0.25, -0.2) is 4.68 Å². The van der Waals surface area contributed by atoms with Gasteiger partial charge in [0, 0.05) is 17.9 Å². The molecule has 0 amide bonds.